The Balaban J connectivity index is 2.01. The van der Waals surface area contributed by atoms with Gasteiger partial charge in [-0.1, -0.05) is 6.07 Å². The minimum absolute atomic E-state index is 0.0740. The van der Waals surface area contributed by atoms with Crippen molar-refractivity contribution in [3.8, 4) is 0 Å². The zero-order valence-corrected chi connectivity index (χ0v) is 13.8. The van der Waals surface area contributed by atoms with Crippen molar-refractivity contribution in [3.63, 3.8) is 0 Å². The fourth-order valence-corrected chi connectivity index (χ4v) is 4.05. The van der Waals surface area contributed by atoms with Crippen molar-refractivity contribution in [1.29, 1.82) is 0 Å². The summed E-state index contributed by atoms with van der Waals surface area (Å²) in [5, 5.41) is 0. The Hall–Kier alpha value is -1.48. The minimum atomic E-state index is -3.62. The van der Waals surface area contributed by atoms with Crippen molar-refractivity contribution in [2.24, 2.45) is 11.5 Å². The summed E-state index contributed by atoms with van der Waals surface area (Å²) in [5.74, 6) is -0.644. The Morgan fingerprint density at radius 3 is 2.61 bits per heavy atom. The summed E-state index contributed by atoms with van der Waals surface area (Å²) in [6.07, 6.45) is 2.18. The van der Waals surface area contributed by atoms with Gasteiger partial charge in [0.25, 0.3) is 0 Å². The average molecular weight is 341 g/mol. The highest BCUT2D eigenvalue weighted by Crippen LogP contribution is 2.22. The summed E-state index contributed by atoms with van der Waals surface area (Å²) >= 11 is 0. The first-order valence-electron chi connectivity index (χ1n) is 7.67. The highest BCUT2D eigenvalue weighted by Gasteiger charge is 2.29. The molecule has 128 valence electrons. The van der Waals surface area contributed by atoms with Crippen LogP contribution in [0.4, 0.5) is 0 Å². The van der Waals surface area contributed by atoms with E-state index in [4.69, 9.17) is 16.2 Å². The van der Waals surface area contributed by atoms with Crippen LogP contribution in [0.2, 0.25) is 0 Å². The Morgan fingerprint density at radius 2 is 2.00 bits per heavy atom. The lowest BCUT2D eigenvalue weighted by Crippen LogP contribution is -2.41. The molecule has 1 aliphatic rings. The van der Waals surface area contributed by atoms with Gasteiger partial charge in [0.1, 0.15) is 0 Å². The van der Waals surface area contributed by atoms with E-state index in [2.05, 4.69) is 0 Å². The molecule has 1 fully saturated rings. The van der Waals surface area contributed by atoms with Gasteiger partial charge in [-0.2, -0.15) is 4.31 Å². The number of hydrogen-bond donors (Lipinski definition) is 2. The van der Waals surface area contributed by atoms with Crippen LogP contribution in [0.15, 0.2) is 29.2 Å². The number of carbonyl (C=O) groups excluding carboxylic acids is 1. The molecule has 0 atom stereocenters. The van der Waals surface area contributed by atoms with Gasteiger partial charge in [0.15, 0.2) is 0 Å². The van der Waals surface area contributed by atoms with Gasteiger partial charge in [0.05, 0.1) is 11.0 Å². The van der Waals surface area contributed by atoms with Gasteiger partial charge < -0.3 is 16.2 Å². The molecule has 23 heavy (non-hydrogen) atoms. The van der Waals surface area contributed by atoms with E-state index in [0.29, 0.717) is 39.1 Å². The van der Waals surface area contributed by atoms with Crippen molar-refractivity contribution in [2.45, 2.75) is 30.3 Å². The number of carbonyl (C=O) groups is 1. The second-order valence-corrected chi connectivity index (χ2v) is 7.45. The number of piperidine rings is 1. The van der Waals surface area contributed by atoms with Gasteiger partial charge in [-0.05, 0) is 44.0 Å². The first-order valence-corrected chi connectivity index (χ1v) is 9.11. The van der Waals surface area contributed by atoms with Crippen molar-refractivity contribution in [3.05, 3.63) is 29.8 Å². The maximum Gasteiger partial charge on any atom is 0.248 e. The van der Waals surface area contributed by atoms with E-state index in [9.17, 15) is 13.2 Å². The van der Waals surface area contributed by atoms with Crippen LogP contribution < -0.4 is 11.5 Å². The van der Waals surface area contributed by atoms with Gasteiger partial charge in [0, 0.05) is 25.3 Å². The number of ether oxygens (including phenoxy) is 1. The molecule has 7 nitrogen and oxygen atoms in total. The lowest BCUT2D eigenvalue weighted by atomic mass is 10.1. The molecule has 0 radical (unpaired) electrons. The normalized spacial score (nSPS) is 17.3. The average Bonchev–Trinajstić information content (AvgIpc) is 2.55. The number of amides is 1. The summed E-state index contributed by atoms with van der Waals surface area (Å²) < 4.78 is 32.4. The van der Waals surface area contributed by atoms with E-state index < -0.39 is 15.9 Å². The van der Waals surface area contributed by atoms with Crippen molar-refractivity contribution >= 4 is 15.9 Å². The number of nitrogens with zero attached hydrogens (tertiary/aromatic N) is 1. The van der Waals surface area contributed by atoms with Crippen molar-refractivity contribution in [2.75, 3.05) is 26.2 Å². The maximum atomic E-state index is 12.6. The first kappa shape index (κ1) is 17.9. The summed E-state index contributed by atoms with van der Waals surface area (Å²) in [6, 6.07) is 5.82. The number of rotatable bonds is 7. The fraction of sp³-hybridized carbons (Fsp3) is 0.533. The summed E-state index contributed by atoms with van der Waals surface area (Å²) in [7, 11) is -3.62. The molecule has 0 aromatic heterocycles. The molecular formula is C15H23N3O4S. The lowest BCUT2D eigenvalue weighted by molar-refractivity contribution is 0.0209. The summed E-state index contributed by atoms with van der Waals surface area (Å²) in [4.78, 5) is 11.3. The van der Waals surface area contributed by atoms with Crippen LogP contribution in [0.25, 0.3) is 0 Å². The SMILES string of the molecule is NCCCOC1CCN(S(=O)(=O)c2cccc(C(N)=O)c2)CC1. The molecule has 1 amide bonds. The predicted molar refractivity (Wildman–Crippen MR) is 86.4 cm³/mol. The van der Waals surface area contributed by atoms with E-state index in [1.807, 2.05) is 0 Å². The zero-order valence-electron chi connectivity index (χ0n) is 13.0. The Morgan fingerprint density at radius 1 is 1.30 bits per heavy atom. The van der Waals surface area contributed by atoms with Gasteiger partial charge in [-0.3, -0.25) is 4.79 Å². The molecular weight excluding hydrogens is 318 g/mol. The van der Waals surface area contributed by atoms with Crippen LogP contribution in [-0.4, -0.2) is 51.0 Å². The van der Waals surface area contributed by atoms with E-state index >= 15 is 0 Å². The molecule has 8 heteroatoms. The van der Waals surface area contributed by atoms with Gasteiger partial charge in [-0.15, -0.1) is 0 Å². The minimum Gasteiger partial charge on any atom is -0.378 e. The maximum absolute atomic E-state index is 12.6. The van der Waals surface area contributed by atoms with Crippen molar-refractivity contribution < 1.29 is 17.9 Å². The van der Waals surface area contributed by atoms with Crippen LogP contribution in [0, 0.1) is 0 Å². The Kier molecular flexibility index (Phi) is 6.11. The van der Waals surface area contributed by atoms with Gasteiger partial charge in [-0.25, -0.2) is 8.42 Å². The summed E-state index contributed by atoms with van der Waals surface area (Å²) in [5.41, 5.74) is 10.8. The van der Waals surface area contributed by atoms with Crippen LogP contribution in [0.5, 0.6) is 0 Å². The smallest absolute Gasteiger partial charge is 0.248 e. The molecule has 1 aromatic carbocycles. The monoisotopic (exact) mass is 341 g/mol. The standard InChI is InChI=1S/C15H23N3O4S/c16-7-2-10-22-13-5-8-18(9-6-13)23(20,21)14-4-1-3-12(11-14)15(17)19/h1,3-4,11,13H,2,5-10,16H2,(H2,17,19). The number of hydrogen-bond acceptors (Lipinski definition) is 5. The molecule has 0 bridgehead atoms. The molecule has 0 spiro atoms. The highest BCUT2D eigenvalue weighted by atomic mass is 32.2. The first-order chi connectivity index (χ1) is 10.9. The lowest BCUT2D eigenvalue weighted by Gasteiger charge is -2.31. The van der Waals surface area contributed by atoms with Crippen LogP contribution in [0.3, 0.4) is 0 Å². The van der Waals surface area contributed by atoms with Crippen LogP contribution in [0.1, 0.15) is 29.6 Å². The number of sulfonamides is 1. The molecule has 1 aromatic rings. The molecule has 0 unspecified atom stereocenters. The van der Waals surface area contributed by atoms with Crippen LogP contribution in [-0.2, 0) is 14.8 Å². The van der Waals surface area contributed by atoms with Gasteiger partial charge >= 0.3 is 0 Å². The largest absolute Gasteiger partial charge is 0.378 e. The number of primary amides is 1. The quantitative estimate of drug-likeness (QED) is 0.692. The third-order valence-corrected chi connectivity index (χ3v) is 5.75. The highest BCUT2D eigenvalue weighted by molar-refractivity contribution is 7.89. The Labute approximate surface area is 136 Å². The van der Waals surface area contributed by atoms with E-state index in [1.165, 1.54) is 28.6 Å². The van der Waals surface area contributed by atoms with Crippen LogP contribution >= 0.6 is 0 Å². The number of nitrogens with two attached hydrogens (primary N) is 2. The van der Waals surface area contributed by atoms with Crippen molar-refractivity contribution in [1.82, 2.24) is 4.31 Å². The third kappa shape index (κ3) is 4.51. The second kappa shape index (κ2) is 7.87. The fourth-order valence-electron chi connectivity index (χ4n) is 2.53. The van der Waals surface area contributed by atoms with E-state index in [1.54, 1.807) is 0 Å². The Bertz CT molecular complexity index is 640. The molecule has 4 N–H and O–H groups in total. The zero-order chi connectivity index (χ0) is 16.9. The second-order valence-electron chi connectivity index (χ2n) is 5.51. The van der Waals surface area contributed by atoms with E-state index in [0.717, 1.165) is 6.42 Å². The van der Waals surface area contributed by atoms with E-state index in [-0.39, 0.29) is 16.6 Å². The summed E-state index contributed by atoms with van der Waals surface area (Å²) in [6.45, 7) is 1.99. The molecule has 1 saturated heterocycles. The molecule has 2 rings (SSSR count). The topological polar surface area (TPSA) is 116 Å². The third-order valence-electron chi connectivity index (χ3n) is 3.86. The molecule has 1 heterocycles. The number of benzene rings is 1. The molecule has 1 aliphatic heterocycles. The molecule has 0 aliphatic carbocycles. The van der Waals surface area contributed by atoms with Gasteiger partial charge in [0.2, 0.25) is 15.9 Å². The predicted octanol–water partition coefficient (Wildman–Crippen LogP) is 0.304. The molecule has 0 saturated carbocycles.